The van der Waals surface area contributed by atoms with Crippen molar-refractivity contribution in [3.8, 4) is 28.1 Å². The summed E-state index contributed by atoms with van der Waals surface area (Å²) in [7, 11) is 0. The standard InChI is InChI=1S/C21H12ClF2N5/c22-20-6-13(16-3-2-15(23)8-17(16)24)7-21(28-20)29-11-25-18-5-12(1-4-19(18)29)14-9-26-27-10-14/h1-11H,(H,26,27). The summed E-state index contributed by atoms with van der Waals surface area (Å²) in [5, 5.41) is 6.94. The van der Waals surface area contributed by atoms with Gasteiger partial charge in [0.1, 0.15) is 28.9 Å². The van der Waals surface area contributed by atoms with Crippen LogP contribution in [0.2, 0.25) is 5.15 Å². The van der Waals surface area contributed by atoms with Gasteiger partial charge in [-0.25, -0.2) is 18.7 Å². The van der Waals surface area contributed by atoms with E-state index >= 15 is 0 Å². The lowest BCUT2D eigenvalue weighted by Gasteiger charge is -2.09. The minimum atomic E-state index is -0.668. The summed E-state index contributed by atoms with van der Waals surface area (Å²) in [6.45, 7) is 0. The van der Waals surface area contributed by atoms with E-state index in [9.17, 15) is 8.78 Å². The summed E-state index contributed by atoms with van der Waals surface area (Å²) in [6.07, 6.45) is 5.17. The van der Waals surface area contributed by atoms with E-state index in [1.165, 1.54) is 18.2 Å². The number of benzene rings is 2. The Labute approximate surface area is 168 Å². The van der Waals surface area contributed by atoms with Gasteiger partial charge in [-0.05, 0) is 47.5 Å². The first-order valence-corrected chi connectivity index (χ1v) is 9.06. The zero-order chi connectivity index (χ0) is 20.0. The highest BCUT2D eigenvalue weighted by atomic mass is 35.5. The maximum Gasteiger partial charge on any atom is 0.140 e. The molecular weight excluding hydrogens is 396 g/mol. The van der Waals surface area contributed by atoms with Gasteiger partial charge in [0.05, 0.1) is 17.2 Å². The highest BCUT2D eigenvalue weighted by Crippen LogP contribution is 2.29. The van der Waals surface area contributed by atoms with Crippen molar-refractivity contribution in [3.05, 3.63) is 84.0 Å². The van der Waals surface area contributed by atoms with Gasteiger partial charge in [0.2, 0.25) is 0 Å². The van der Waals surface area contributed by atoms with Crippen molar-refractivity contribution in [1.82, 2.24) is 24.7 Å². The van der Waals surface area contributed by atoms with Gasteiger partial charge >= 0.3 is 0 Å². The third-order valence-electron chi connectivity index (χ3n) is 4.65. The first kappa shape index (κ1) is 17.5. The molecule has 0 fully saturated rings. The number of aromatic amines is 1. The van der Waals surface area contributed by atoms with E-state index in [0.717, 1.165) is 28.2 Å². The predicted octanol–water partition coefficient (Wildman–Crippen LogP) is 5.41. The number of nitrogens with one attached hydrogen (secondary N) is 1. The van der Waals surface area contributed by atoms with Crippen molar-refractivity contribution in [3.63, 3.8) is 0 Å². The van der Waals surface area contributed by atoms with E-state index in [1.807, 2.05) is 18.2 Å². The first-order chi connectivity index (χ1) is 14.1. The van der Waals surface area contributed by atoms with E-state index in [-0.39, 0.29) is 10.7 Å². The van der Waals surface area contributed by atoms with Crippen molar-refractivity contribution in [2.45, 2.75) is 0 Å². The molecule has 0 radical (unpaired) electrons. The third-order valence-corrected chi connectivity index (χ3v) is 4.84. The Balaban J connectivity index is 1.62. The van der Waals surface area contributed by atoms with Crippen LogP contribution in [-0.2, 0) is 0 Å². The summed E-state index contributed by atoms with van der Waals surface area (Å²) < 4.78 is 29.3. The quantitative estimate of drug-likeness (QED) is 0.407. The number of nitrogens with zero attached hydrogens (tertiary/aromatic N) is 4. The van der Waals surface area contributed by atoms with Crippen LogP contribution >= 0.6 is 11.6 Å². The average Bonchev–Trinajstić information content (AvgIpc) is 3.37. The van der Waals surface area contributed by atoms with Crippen LogP contribution in [0.1, 0.15) is 0 Å². The fourth-order valence-corrected chi connectivity index (χ4v) is 3.47. The number of pyridine rings is 1. The van der Waals surface area contributed by atoms with Crippen molar-refractivity contribution in [2.24, 2.45) is 0 Å². The second kappa shape index (κ2) is 6.79. The number of hydrogen-bond donors (Lipinski definition) is 1. The molecular formula is C21H12ClF2N5. The van der Waals surface area contributed by atoms with Gasteiger partial charge in [-0.2, -0.15) is 5.10 Å². The molecule has 0 unspecified atom stereocenters. The van der Waals surface area contributed by atoms with E-state index in [0.29, 0.717) is 11.4 Å². The number of halogens is 3. The number of imidazole rings is 1. The Bertz CT molecular complexity index is 1340. The summed E-state index contributed by atoms with van der Waals surface area (Å²) in [5.74, 6) is -0.825. The lowest BCUT2D eigenvalue weighted by Crippen LogP contribution is -1.98. The number of H-pyrrole nitrogens is 1. The molecule has 142 valence electrons. The number of aromatic nitrogens is 5. The molecule has 3 aromatic heterocycles. The van der Waals surface area contributed by atoms with Gasteiger partial charge in [-0.3, -0.25) is 9.67 Å². The van der Waals surface area contributed by atoms with Crippen molar-refractivity contribution >= 4 is 22.6 Å². The molecule has 29 heavy (non-hydrogen) atoms. The summed E-state index contributed by atoms with van der Waals surface area (Å²) >= 11 is 6.19. The number of rotatable bonds is 3. The first-order valence-electron chi connectivity index (χ1n) is 8.68. The Kier molecular flexibility index (Phi) is 4.10. The van der Waals surface area contributed by atoms with Crippen molar-refractivity contribution in [2.75, 3.05) is 0 Å². The van der Waals surface area contributed by atoms with Gasteiger partial charge in [0.15, 0.2) is 0 Å². The molecule has 8 heteroatoms. The molecule has 0 spiro atoms. The minimum absolute atomic E-state index is 0.193. The highest BCUT2D eigenvalue weighted by Gasteiger charge is 2.13. The molecule has 5 rings (SSSR count). The molecule has 0 saturated heterocycles. The van der Waals surface area contributed by atoms with Crippen LogP contribution in [0.15, 0.2) is 67.3 Å². The monoisotopic (exact) mass is 407 g/mol. The lowest BCUT2D eigenvalue weighted by molar-refractivity contribution is 0.585. The van der Waals surface area contributed by atoms with Crippen LogP contribution in [0, 0.1) is 11.6 Å². The molecule has 3 heterocycles. The number of fused-ring (bicyclic) bond motifs is 1. The summed E-state index contributed by atoms with van der Waals surface area (Å²) in [4.78, 5) is 8.80. The second-order valence-corrected chi connectivity index (χ2v) is 6.85. The Morgan fingerprint density at radius 1 is 0.931 bits per heavy atom. The van der Waals surface area contributed by atoms with Crippen LogP contribution in [0.3, 0.4) is 0 Å². The minimum Gasteiger partial charge on any atom is -0.285 e. The van der Waals surface area contributed by atoms with E-state index < -0.39 is 11.6 Å². The Hall–Kier alpha value is -3.58. The third kappa shape index (κ3) is 3.15. The second-order valence-electron chi connectivity index (χ2n) is 6.47. The molecule has 5 aromatic rings. The van der Waals surface area contributed by atoms with Gasteiger partial charge in [-0.15, -0.1) is 0 Å². The van der Waals surface area contributed by atoms with E-state index in [2.05, 4.69) is 20.2 Å². The summed E-state index contributed by atoms with van der Waals surface area (Å²) in [5.41, 5.74) is 4.25. The van der Waals surface area contributed by atoms with Crippen LogP contribution in [0.5, 0.6) is 0 Å². The zero-order valence-corrected chi connectivity index (χ0v) is 15.5. The maximum absolute atomic E-state index is 14.2. The van der Waals surface area contributed by atoms with Crippen LogP contribution in [0.4, 0.5) is 8.78 Å². The molecule has 0 atom stereocenters. The maximum atomic E-state index is 14.2. The normalized spacial score (nSPS) is 11.3. The largest absolute Gasteiger partial charge is 0.285 e. The summed E-state index contributed by atoms with van der Waals surface area (Å²) in [6, 6.07) is 12.5. The molecule has 0 bridgehead atoms. The van der Waals surface area contributed by atoms with Crippen LogP contribution in [0.25, 0.3) is 39.1 Å². The molecule has 0 amide bonds. The highest BCUT2D eigenvalue weighted by molar-refractivity contribution is 6.29. The average molecular weight is 408 g/mol. The molecule has 0 aliphatic carbocycles. The smallest absolute Gasteiger partial charge is 0.140 e. The molecule has 5 nitrogen and oxygen atoms in total. The molecule has 0 saturated carbocycles. The van der Waals surface area contributed by atoms with Crippen molar-refractivity contribution in [1.29, 1.82) is 0 Å². The lowest BCUT2D eigenvalue weighted by atomic mass is 10.1. The Morgan fingerprint density at radius 3 is 2.62 bits per heavy atom. The molecule has 1 N–H and O–H groups in total. The molecule has 2 aromatic carbocycles. The van der Waals surface area contributed by atoms with Gasteiger partial charge < -0.3 is 0 Å². The fraction of sp³-hybridized carbons (Fsp3) is 0. The predicted molar refractivity (Wildman–Crippen MR) is 107 cm³/mol. The SMILES string of the molecule is Fc1ccc(-c2cc(Cl)nc(-n3cnc4cc(-c5cn[nH]c5)ccc43)c2)c(F)c1. The molecule has 0 aliphatic rings. The van der Waals surface area contributed by atoms with E-state index in [1.54, 1.807) is 29.4 Å². The topological polar surface area (TPSA) is 59.4 Å². The fourth-order valence-electron chi connectivity index (χ4n) is 3.27. The molecule has 0 aliphatic heterocycles. The van der Waals surface area contributed by atoms with Crippen molar-refractivity contribution < 1.29 is 8.78 Å². The van der Waals surface area contributed by atoms with Crippen LogP contribution < -0.4 is 0 Å². The van der Waals surface area contributed by atoms with Gasteiger partial charge in [0.25, 0.3) is 0 Å². The van der Waals surface area contributed by atoms with E-state index in [4.69, 9.17) is 11.6 Å². The number of hydrogen-bond acceptors (Lipinski definition) is 3. The zero-order valence-electron chi connectivity index (χ0n) is 14.8. The van der Waals surface area contributed by atoms with Crippen LogP contribution in [-0.4, -0.2) is 24.7 Å². The Morgan fingerprint density at radius 2 is 1.83 bits per heavy atom. The van der Waals surface area contributed by atoms with Gasteiger partial charge in [-0.1, -0.05) is 17.7 Å². The van der Waals surface area contributed by atoms with Gasteiger partial charge in [0, 0.05) is 23.4 Å².